The molecule has 1 heterocycles. The van der Waals surface area contributed by atoms with E-state index in [4.69, 9.17) is 14.2 Å². The summed E-state index contributed by atoms with van der Waals surface area (Å²) < 4.78 is 15.6. The first-order valence-electron chi connectivity index (χ1n) is 10.2. The van der Waals surface area contributed by atoms with Gasteiger partial charge in [-0.25, -0.2) is 9.59 Å². The number of ether oxygens (including phenoxy) is 3. The average Bonchev–Trinajstić information content (AvgIpc) is 2.98. The molecule has 10 nitrogen and oxygen atoms in total. The maximum atomic E-state index is 12.7. The summed E-state index contributed by atoms with van der Waals surface area (Å²) in [4.78, 5) is 49.5. The number of carbonyl (C=O) groups excluding carboxylic acids is 4. The lowest BCUT2D eigenvalue weighted by Gasteiger charge is -2.33. The normalized spacial score (nSPS) is 22.8. The molecule has 0 bridgehead atoms. The van der Waals surface area contributed by atoms with E-state index >= 15 is 0 Å². The van der Waals surface area contributed by atoms with E-state index in [0.29, 0.717) is 41.9 Å². The fraction of sp³-hybridized carbons (Fsp3) is 0.524. The highest BCUT2D eigenvalue weighted by atomic mass is 16.5. The van der Waals surface area contributed by atoms with E-state index < -0.39 is 36.0 Å². The Labute approximate surface area is 180 Å². The molecule has 2 fully saturated rings. The lowest BCUT2D eigenvalue weighted by atomic mass is 9.77. The molecular formula is C21H27N3O7. The number of hydrogen-bond donors (Lipinski definition) is 2. The third-order valence-corrected chi connectivity index (χ3v) is 5.56. The molecule has 0 radical (unpaired) electrons. The van der Waals surface area contributed by atoms with Gasteiger partial charge in [0.2, 0.25) is 0 Å². The Bertz CT molecular complexity index is 878. The maximum Gasteiger partial charge on any atom is 0.344 e. The first-order chi connectivity index (χ1) is 14.8. The van der Waals surface area contributed by atoms with Crippen LogP contribution in [-0.4, -0.2) is 54.7 Å². The summed E-state index contributed by atoms with van der Waals surface area (Å²) in [5, 5.41) is 3.38. The van der Waals surface area contributed by atoms with Gasteiger partial charge in [-0.2, -0.15) is 5.01 Å². The van der Waals surface area contributed by atoms with Gasteiger partial charge in [0.15, 0.2) is 18.1 Å². The van der Waals surface area contributed by atoms with Crippen LogP contribution in [0.2, 0.25) is 0 Å². The summed E-state index contributed by atoms with van der Waals surface area (Å²) >= 11 is 0. The number of nitrogens with zero attached hydrogens (tertiary/aromatic N) is 1. The fourth-order valence-corrected chi connectivity index (χ4v) is 3.76. The second-order valence-corrected chi connectivity index (χ2v) is 7.75. The van der Waals surface area contributed by atoms with Gasteiger partial charge in [0.1, 0.15) is 5.54 Å². The van der Waals surface area contributed by atoms with Crippen molar-refractivity contribution in [2.45, 2.75) is 45.1 Å². The molecule has 0 unspecified atom stereocenters. The minimum absolute atomic E-state index is 0.165. The van der Waals surface area contributed by atoms with Crippen LogP contribution in [0.1, 0.15) is 49.9 Å². The van der Waals surface area contributed by atoms with Crippen molar-refractivity contribution in [3.05, 3.63) is 23.8 Å². The zero-order valence-corrected chi connectivity index (χ0v) is 17.9. The van der Waals surface area contributed by atoms with E-state index in [0.717, 1.165) is 12.8 Å². The van der Waals surface area contributed by atoms with Crippen LogP contribution in [0.25, 0.3) is 0 Å². The van der Waals surface area contributed by atoms with Crippen LogP contribution in [0.5, 0.6) is 11.5 Å². The van der Waals surface area contributed by atoms with E-state index in [-0.39, 0.29) is 5.56 Å². The summed E-state index contributed by atoms with van der Waals surface area (Å²) in [6.07, 6.45) is 2.69. The Morgan fingerprint density at radius 2 is 1.94 bits per heavy atom. The number of hydrogen-bond acceptors (Lipinski definition) is 7. The van der Waals surface area contributed by atoms with Crippen LogP contribution in [0.3, 0.4) is 0 Å². The zero-order valence-electron chi connectivity index (χ0n) is 17.9. The number of urea groups is 1. The Hall–Kier alpha value is -3.30. The highest BCUT2D eigenvalue weighted by Crippen LogP contribution is 2.35. The van der Waals surface area contributed by atoms with Crippen LogP contribution in [-0.2, 0) is 14.3 Å². The molecule has 31 heavy (non-hydrogen) atoms. The predicted octanol–water partition coefficient (Wildman–Crippen LogP) is 1.78. The molecule has 1 aliphatic carbocycles. The van der Waals surface area contributed by atoms with Gasteiger partial charge < -0.3 is 19.5 Å². The highest BCUT2D eigenvalue weighted by molar-refractivity contribution is 6.08. The molecule has 0 aromatic heterocycles. The first-order valence-corrected chi connectivity index (χ1v) is 10.2. The quantitative estimate of drug-likeness (QED) is 0.496. The number of imide groups is 1. The van der Waals surface area contributed by atoms with Gasteiger partial charge in [-0.3, -0.25) is 15.0 Å². The molecule has 3 rings (SSSR count). The van der Waals surface area contributed by atoms with Crippen LogP contribution in [0, 0.1) is 5.92 Å². The van der Waals surface area contributed by atoms with Crippen molar-refractivity contribution in [3.63, 3.8) is 0 Å². The van der Waals surface area contributed by atoms with Crippen molar-refractivity contribution in [3.8, 4) is 11.5 Å². The maximum absolute atomic E-state index is 12.7. The molecule has 1 aliphatic heterocycles. The molecule has 1 aromatic rings. The van der Waals surface area contributed by atoms with Gasteiger partial charge in [0.05, 0.1) is 19.3 Å². The van der Waals surface area contributed by atoms with Gasteiger partial charge in [0.25, 0.3) is 11.8 Å². The molecule has 1 saturated carbocycles. The first kappa shape index (κ1) is 22.4. The number of benzene rings is 1. The second-order valence-electron chi connectivity index (χ2n) is 7.75. The van der Waals surface area contributed by atoms with Crippen molar-refractivity contribution in [2.75, 3.05) is 20.3 Å². The van der Waals surface area contributed by atoms with Crippen LogP contribution < -0.4 is 20.2 Å². The van der Waals surface area contributed by atoms with Crippen LogP contribution in [0.4, 0.5) is 4.79 Å². The molecule has 4 amide bonds. The number of methoxy groups -OCH3 is 1. The molecule has 168 valence electrons. The molecule has 2 N–H and O–H groups in total. The lowest BCUT2D eigenvalue weighted by molar-refractivity contribution is -0.141. The number of carbonyl (C=O) groups is 4. The van der Waals surface area contributed by atoms with E-state index in [1.54, 1.807) is 6.07 Å². The third-order valence-electron chi connectivity index (χ3n) is 5.56. The van der Waals surface area contributed by atoms with E-state index in [9.17, 15) is 19.2 Å². The van der Waals surface area contributed by atoms with E-state index in [1.165, 1.54) is 19.2 Å². The number of esters is 1. The highest BCUT2D eigenvalue weighted by Gasteiger charge is 2.52. The van der Waals surface area contributed by atoms with Crippen LogP contribution in [0.15, 0.2) is 18.2 Å². The van der Waals surface area contributed by atoms with Crippen molar-refractivity contribution in [1.29, 1.82) is 0 Å². The van der Waals surface area contributed by atoms with Gasteiger partial charge in [-0.15, -0.1) is 0 Å². The number of amides is 4. The second kappa shape index (κ2) is 9.23. The molecule has 2 aliphatic rings. The van der Waals surface area contributed by atoms with Crippen molar-refractivity contribution in [2.24, 2.45) is 5.92 Å². The minimum Gasteiger partial charge on any atom is -0.493 e. The monoisotopic (exact) mass is 433 g/mol. The Balaban J connectivity index is 1.56. The fourth-order valence-electron chi connectivity index (χ4n) is 3.76. The Kier molecular flexibility index (Phi) is 6.67. The molecule has 0 atom stereocenters. The van der Waals surface area contributed by atoms with Gasteiger partial charge in [-0.1, -0.05) is 6.92 Å². The van der Waals surface area contributed by atoms with Gasteiger partial charge in [0, 0.05) is 0 Å². The summed E-state index contributed by atoms with van der Waals surface area (Å²) in [5.41, 5.74) is 1.43. The lowest BCUT2D eigenvalue weighted by Crippen LogP contribution is -2.52. The third kappa shape index (κ3) is 4.73. The van der Waals surface area contributed by atoms with Crippen molar-refractivity contribution < 1.29 is 33.4 Å². The molecule has 1 aromatic carbocycles. The molecule has 10 heteroatoms. The van der Waals surface area contributed by atoms with Crippen LogP contribution >= 0.6 is 0 Å². The topological polar surface area (TPSA) is 123 Å². The summed E-state index contributed by atoms with van der Waals surface area (Å²) in [7, 11) is 1.44. The number of rotatable bonds is 7. The zero-order chi connectivity index (χ0) is 22.6. The predicted molar refractivity (Wildman–Crippen MR) is 108 cm³/mol. The standard InChI is InChI=1S/C21H27N3O7/c1-4-30-15-6-5-14(11-16(15)29-3)18(26)31-12-17(25)23-24-19(27)21(22-20(24)28)9-7-13(2)8-10-21/h5-6,11,13H,4,7-10,12H2,1-3H3,(H,22,28)(H,23,25). The Morgan fingerprint density at radius 1 is 1.23 bits per heavy atom. The molecular weight excluding hydrogens is 406 g/mol. The largest absolute Gasteiger partial charge is 0.493 e. The van der Waals surface area contributed by atoms with Crippen molar-refractivity contribution in [1.82, 2.24) is 15.8 Å². The smallest absolute Gasteiger partial charge is 0.344 e. The summed E-state index contributed by atoms with van der Waals surface area (Å²) in [6.45, 7) is 3.70. The van der Waals surface area contributed by atoms with Gasteiger partial charge >= 0.3 is 12.0 Å². The minimum atomic E-state index is -0.966. The van der Waals surface area contributed by atoms with Crippen molar-refractivity contribution >= 4 is 23.8 Å². The summed E-state index contributed by atoms with van der Waals surface area (Å²) in [5.74, 6) is -0.724. The number of hydrazine groups is 1. The molecule has 1 spiro atoms. The average molecular weight is 433 g/mol. The summed E-state index contributed by atoms with van der Waals surface area (Å²) in [6, 6.07) is 3.81. The number of nitrogens with one attached hydrogen (secondary N) is 2. The SMILES string of the molecule is CCOc1ccc(C(=O)OCC(=O)NN2C(=O)NC3(CCC(C)CC3)C2=O)cc1OC. The van der Waals surface area contributed by atoms with Gasteiger partial charge in [-0.05, 0) is 56.7 Å². The molecule has 1 saturated heterocycles. The van der Waals surface area contributed by atoms with E-state index in [1.807, 2.05) is 6.92 Å². The Morgan fingerprint density at radius 3 is 2.58 bits per heavy atom. The van der Waals surface area contributed by atoms with E-state index in [2.05, 4.69) is 17.7 Å².